The summed E-state index contributed by atoms with van der Waals surface area (Å²) in [5.74, 6) is -1.31. The highest BCUT2D eigenvalue weighted by Crippen LogP contribution is 2.27. The minimum atomic E-state index is -0.907. The Balaban J connectivity index is 1.54. The SMILES string of the molecule is CC(OCC(O)CN1CCC[C@H]1Cc1ccc(Cl)c(Cl)c1)c1cc(F)ccc1CCC(=O)O. The molecule has 1 saturated heterocycles. The number of carboxylic acids is 1. The molecule has 0 spiro atoms. The molecular weight excluding hydrogens is 468 g/mol. The van der Waals surface area contributed by atoms with Gasteiger partial charge in [-0.25, -0.2) is 4.39 Å². The molecular formula is C25H30Cl2FNO4. The fraction of sp³-hybridized carbons (Fsp3) is 0.480. The molecule has 180 valence electrons. The Morgan fingerprint density at radius 1 is 1.24 bits per heavy atom. The number of benzene rings is 2. The molecule has 0 aromatic heterocycles. The molecule has 3 atom stereocenters. The first kappa shape index (κ1) is 25.9. The summed E-state index contributed by atoms with van der Waals surface area (Å²) >= 11 is 12.2. The third-order valence-corrected chi connectivity index (χ3v) is 6.83. The van der Waals surface area contributed by atoms with Crippen LogP contribution in [0, 0.1) is 5.82 Å². The van der Waals surface area contributed by atoms with Gasteiger partial charge in [0.25, 0.3) is 0 Å². The molecule has 2 unspecified atom stereocenters. The maximum atomic E-state index is 13.8. The van der Waals surface area contributed by atoms with Crippen LogP contribution in [-0.4, -0.2) is 52.9 Å². The van der Waals surface area contributed by atoms with E-state index in [9.17, 15) is 14.3 Å². The van der Waals surface area contributed by atoms with E-state index < -0.39 is 24.0 Å². The number of carbonyl (C=O) groups is 1. The number of aliphatic carboxylic acids is 1. The topological polar surface area (TPSA) is 70.0 Å². The Kier molecular flexibility index (Phi) is 9.53. The van der Waals surface area contributed by atoms with Crippen LogP contribution in [-0.2, 0) is 22.4 Å². The van der Waals surface area contributed by atoms with Gasteiger partial charge in [0.15, 0.2) is 0 Å². The molecule has 2 aromatic rings. The minimum Gasteiger partial charge on any atom is -0.481 e. The molecule has 0 amide bonds. The van der Waals surface area contributed by atoms with Crippen molar-refractivity contribution in [2.45, 2.75) is 57.3 Å². The van der Waals surface area contributed by atoms with Crippen LogP contribution < -0.4 is 0 Å². The predicted molar refractivity (Wildman–Crippen MR) is 127 cm³/mol. The lowest BCUT2D eigenvalue weighted by atomic mass is 9.99. The number of aliphatic hydroxyl groups excluding tert-OH is 1. The molecule has 2 aromatic carbocycles. The molecule has 1 aliphatic heterocycles. The zero-order valence-corrected chi connectivity index (χ0v) is 20.2. The number of halogens is 3. The normalized spacial score (nSPS) is 18.4. The number of aliphatic hydroxyl groups is 1. The first-order valence-electron chi connectivity index (χ1n) is 11.2. The van der Waals surface area contributed by atoms with Crippen LogP contribution in [0.2, 0.25) is 10.0 Å². The molecule has 3 rings (SSSR count). The van der Waals surface area contributed by atoms with Gasteiger partial charge >= 0.3 is 5.97 Å². The second kappa shape index (κ2) is 12.1. The molecule has 1 heterocycles. The van der Waals surface area contributed by atoms with Crippen LogP contribution in [0.25, 0.3) is 0 Å². The summed E-state index contributed by atoms with van der Waals surface area (Å²) in [5.41, 5.74) is 2.46. The summed E-state index contributed by atoms with van der Waals surface area (Å²) in [6.45, 7) is 3.27. The van der Waals surface area contributed by atoms with E-state index in [4.69, 9.17) is 33.0 Å². The number of β-amino-alcohol motifs (C(OH)–C–C–N with tert-alkyl or cyclic N) is 1. The molecule has 0 radical (unpaired) electrons. The van der Waals surface area contributed by atoms with Crippen molar-refractivity contribution in [2.24, 2.45) is 0 Å². The van der Waals surface area contributed by atoms with Crippen molar-refractivity contribution in [1.29, 1.82) is 0 Å². The van der Waals surface area contributed by atoms with Gasteiger partial charge in [-0.1, -0.05) is 35.3 Å². The van der Waals surface area contributed by atoms with Crippen LogP contribution in [0.4, 0.5) is 4.39 Å². The fourth-order valence-corrected chi connectivity index (χ4v) is 4.71. The zero-order chi connectivity index (χ0) is 24.0. The maximum Gasteiger partial charge on any atom is 0.303 e. The van der Waals surface area contributed by atoms with Gasteiger partial charge < -0.3 is 14.9 Å². The molecule has 33 heavy (non-hydrogen) atoms. The highest BCUT2D eigenvalue weighted by atomic mass is 35.5. The standard InChI is InChI=1S/C25H30Cl2FNO4/c1-16(22-13-19(28)7-5-18(22)6-9-25(31)32)33-15-21(30)14-29-10-2-3-20(29)11-17-4-8-23(26)24(27)12-17/h4-5,7-8,12-13,16,20-21,30H,2-3,6,9-11,14-15H2,1H3,(H,31,32)/t16?,20-,21?/m0/s1. The largest absolute Gasteiger partial charge is 0.481 e. The Hall–Kier alpha value is -1.70. The number of carboxylic acid groups (broad SMARTS) is 1. The van der Waals surface area contributed by atoms with E-state index in [2.05, 4.69) is 4.90 Å². The molecule has 1 aliphatic rings. The maximum absolute atomic E-state index is 13.8. The minimum absolute atomic E-state index is 0.0385. The second-order valence-corrected chi connectivity index (χ2v) is 9.42. The fourth-order valence-electron chi connectivity index (χ4n) is 4.39. The van der Waals surface area contributed by atoms with Crippen LogP contribution in [0.1, 0.15) is 49.0 Å². The van der Waals surface area contributed by atoms with E-state index in [0.29, 0.717) is 34.6 Å². The number of hydrogen-bond donors (Lipinski definition) is 2. The van der Waals surface area contributed by atoms with E-state index >= 15 is 0 Å². The smallest absolute Gasteiger partial charge is 0.303 e. The lowest BCUT2D eigenvalue weighted by molar-refractivity contribution is -0.136. The number of ether oxygens (including phenoxy) is 1. The molecule has 0 saturated carbocycles. The molecule has 1 fully saturated rings. The number of likely N-dealkylation sites (tertiary alicyclic amines) is 1. The van der Waals surface area contributed by atoms with Gasteiger partial charge in [-0.05, 0) is 80.1 Å². The van der Waals surface area contributed by atoms with E-state index in [-0.39, 0.29) is 13.0 Å². The monoisotopic (exact) mass is 497 g/mol. The van der Waals surface area contributed by atoms with Gasteiger partial charge in [0.2, 0.25) is 0 Å². The van der Waals surface area contributed by atoms with E-state index in [1.54, 1.807) is 19.1 Å². The Morgan fingerprint density at radius 3 is 2.76 bits per heavy atom. The van der Waals surface area contributed by atoms with Gasteiger partial charge in [0, 0.05) is 19.0 Å². The van der Waals surface area contributed by atoms with Crippen molar-refractivity contribution in [3.63, 3.8) is 0 Å². The summed E-state index contributed by atoms with van der Waals surface area (Å²) in [6, 6.07) is 10.3. The van der Waals surface area contributed by atoms with Crippen LogP contribution in [0.15, 0.2) is 36.4 Å². The van der Waals surface area contributed by atoms with Crippen molar-refractivity contribution in [3.8, 4) is 0 Å². The van der Waals surface area contributed by atoms with Crippen molar-refractivity contribution in [1.82, 2.24) is 4.90 Å². The van der Waals surface area contributed by atoms with Crippen molar-refractivity contribution in [2.75, 3.05) is 19.7 Å². The van der Waals surface area contributed by atoms with Gasteiger partial charge in [0.1, 0.15) is 5.82 Å². The summed E-state index contributed by atoms with van der Waals surface area (Å²) in [6.07, 6.45) is 2.03. The number of rotatable bonds is 11. The van der Waals surface area contributed by atoms with Crippen molar-refractivity contribution >= 4 is 29.2 Å². The summed E-state index contributed by atoms with van der Waals surface area (Å²) < 4.78 is 19.7. The summed E-state index contributed by atoms with van der Waals surface area (Å²) in [5, 5.41) is 20.6. The van der Waals surface area contributed by atoms with Crippen LogP contribution >= 0.6 is 23.2 Å². The molecule has 5 nitrogen and oxygen atoms in total. The van der Waals surface area contributed by atoms with Crippen molar-refractivity contribution in [3.05, 3.63) is 69.0 Å². The highest BCUT2D eigenvalue weighted by Gasteiger charge is 2.27. The van der Waals surface area contributed by atoms with E-state index in [1.165, 1.54) is 12.1 Å². The number of aryl methyl sites for hydroxylation is 1. The van der Waals surface area contributed by atoms with Gasteiger partial charge in [-0.3, -0.25) is 9.69 Å². The first-order chi connectivity index (χ1) is 15.7. The third-order valence-electron chi connectivity index (χ3n) is 6.09. The lowest BCUT2D eigenvalue weighted by Crippen LogP contribution is -2.39. The first-order valence-corrected chi connectivity index (χ1v) is 12.0. The quantitative estimate of drug-likeness (QED) is 0.441. The Morgan fingerprint density at radius 2 is 2.03 bits per heavy atom. The Labute approximate surface area is 204 Å². The Bertz CT molecular complexity index is 958. The molecule has 8 heteroatoms. The average molecular weight is 498 g/mol. The van der Waals surface area contributed by atoms with Gasteiger partial charge in [-0.15, -0.1) is 0 Å². The average Bonchev–Trinajstić information content (AvgIpc) is 3.19. The third kappa shape index (κ3) is 7.66. The predicted octanol–water partition coefficient (Wildman–Crippen LogP) is 5.30. The van der Waals surface area contributed by atoms with Crippen LogP contribution in [0.5, 0.6) is 0 Å². The second-order valence-electron chi connectivity index (χ2n) is 8.61. The number of nitrogens with zero attached hydrogens (tertiary/aromatic N) is 1. The summed E-state index contributed by atoms with van der Waals surface area (Å²) in [4.78, 5) is 13.2. The van der Waals surface area contributed by atoms with E-state index in [1.807, 2.05) is 12.1 Å². The van der Waals surface area contributed by atoms with Gasteiger partial charge in [-0.2, -0.15) is 0 Å². The molecule has 0 aliphatic carbocycles. The molecule has 0 bridgehead atoms. The zero-order valence-electron chi connectivity index (χ0n) is 18.6. The molecule has 2 N–H and O–H groups in total. The van der Waals surface area contributed by atoms with Crippen LogP contribution in [0.3, 0.4) is 0 Å². The van der Waals surface area contributed by atoms with E-state index in [0.717, 1.165) is 36.9 Å². The van der Waals surface area contributed by atoms with Gasteiger partial charge in [0.05, 0.1) is 28.9 Å². The summed E-state index contributed by atoms with van der Waals surface area (Å²) in [7, 11) is 0. The van der Waals surface area contributed by atoms with Crippen molar-refractivity contribution < 1.29 is 24.1 Å². The number of hydrogen-bond acceptors (Lipinski definition) is 4. The highest BCUT2D eigenvalue weighted by molar-refractivity contribution is 6.42. The lowest BCUT2D eigenvalue weighted by Gasteiger charge is -2.28.